The highest BCUT2D eigenvalue weighted by atomic mass is 15.1. The molecular weight excluding hydrogens is 206 g/mol. The van der Waals surface area contributed by atoms with Gasteiger partial charge in [-0.1, -0.05) is 44.1 Å². The van der Waals surface area contributed by atoms with Crippen LogP contribution in [0.15, 0.2) is 23.8 Å². The maximum absolute atomic E-state index is 2.54. The van der Waals surface area contributed by atoms with E-state index in [1.807, 2.05) is 0 Å². The molecule has 17 heavy (non-hydrogen) atoms. The van der Waals surface area contributed by atoms with E-state index < -0.39 is 0 Å². The monoisotopic (exact) mass is 235 g/mol. The van der Waals surface area contributed by atoms with Gasteiger partial charge in [0.2, 0.25) is 0 Å². The quantitative estimate of drug-likeness (QED) is 0.616. The third kappa shape index (κ3) is 3.99. The Morgan fingerprint density at radius 1 is 1.41 bits per heavy atom. The zero-order valence-electron chi connectivity index (χ0n) is 12.1. The van der Waals surface area contributed by atoms with Crippen LogP contribution in [0.3, 0.4) is 0 Å². The number of hydrogen-bond acceptors (Lipinski definition) is 1. The van der Waals surface area contributed by atoms with Gasteiger partial charge < -0.3 is 0 Å². The van der Waals surface area contributed by atoms with Gasteiger partial charge in [-0.05, 0) is 52.1 Å². The van der Waals surface area contributed by atoms with Crippen molar-refractivity contribution in [3.8, 4) is 0 Å². The Hall–Kier alpha value is -0.560. The molecule has 0 spiro atoms. The number of likely N-dealkylation sites (N-methyl/N-ethyl adjacent to an activating group) is 1. The maximum atomic E-state index is 2.54. The van der Waals surface area contributed by atoms with Crippen molar-refractivity contribution in [1.29, 1.82) is 0 Å². The Balaban J connectivity index is 2.85. The molecule has 2 unspecified atom stereocenters. The van der Waals surface area contributed by atoms with E-state index in [2.05, 4.69) is 50.9 Å². The second-order valence-corrected chi connectivity index (χ2v) is 5.17. The summed E-state index contributed by atoms with van der Waals surface area (Å²) in [4.78, 5) is 2.54. The van der Waals surface area contributed by atoms with E-state index in [4.69, 9.17) is 0 Å². The summed E-state index contributed by atoms with van der Waals surface area (Å²) in [5.74, 6) is 0.650. The lowest BCUT2D eigenvalue weighted by molar-refractivity contribution is 0.329. The van der Waals surface area contributed by atoms with Crippen molar-refractivity contribution in [2.24, 2.45) is 5.92 Å². The highest BCUT2D eigenvalue weighted by Crippen LogP contribution is 2.30. The van der Waals surface area contributed by atoms with Crippen molar-refractivity contribution in [3.63, 3.8) is 0 Å². The molecule has 0 saturated carbocycles. The molecule has 0 N–H and O–H groups in total. The van der Waals surface area contributed by atoms with Gasteiger partial charge in [-0.2, -0.15) is 0 Å². The fourth-order valence-corrected chi connectivity index (χ4v) is 2.89. The van der Waals surface area contributed by atoms with Crippen LogP contribution in [0.1, 0.15) is 52.9 Å². The van der Waals surface area contributed by atoms with E-state index in [9.17, 15) is 0 Å². The van der Waals surface area contributed by atoms with Gasteiger partial charge in [-0.3, -0.25) is 4.90 Å². The van der Waals surface area contributed by atoms with Gasteiger partial charge in [0.15, 0.2) is 0 Å². The lowest BCUT2D eigenvalue weighted by atomic mass is 9.88. The summed E-state index contributed by atoms with van der Waals surface area (Å²) in [6, 6.07) is 0.697. The first-order valence-electron chi connectivity index (χ1n) is 7.27. The first-order chi connectivity index (χ1) is 8.24. The minimum Gasteiger partial charge on any atom is -0.300 e. The van der Waals surface area contributed by atoms with Crippen LogP contribution >= 0.6 is 0 Å². The Morgan fingerprint density at radius 2 is 2.18 bits per heavy atom. The summed E-state index contributed by atoms with van der Waals surface area (Å²) in [6.45, 7) is 7.97. The van der Waals surface area contributed by atoms with E-state index in [0.717, 1.165) is 0 Å². The van der Waals surface area contributed by atoms with Crippen molar-refractivity contribution >= 4 is 0 Å². The molecule has 1 fully saturated rings. The van der Waals surface area contributed by atoms with Crippen molar-refractivity contribution in [3.05, 3.63) is 23.8 Å². The van der Waals surface area contributed by atoms with E-state index >= 15 is 0 Å². The topological polar surface area (TPSA) is 3.24 Å². The summed E-state index contributed by atoms with van der Waals surface area (Å²) < 4.78 is 0. The standard InChI is InChI=1S/C16H29N/c1-5-8-11-15(14(7-3)10-6-2)16-12-9-13-17(16)4/h6,10-11,14,16H,5,7-9,12-13H2,1-4H3/b10-6+,15-11+. The Labute approximate surface area is 108 Å². The van der Waals surface area contributed by atoms with E-state index in [-0.39, 0.29) is 0 Å². The zero-order chi connectivity index (χ0) is 12.7. The summed E-state index contributed by atoms with van der Waals surface area (Å²) in [6.07, 6.45) is 13.5. The molecule has 98 valence electrons. The van der Waals surface area contributed by atoms with Crippen molar-refractivity contribution < 1.29 is 0 Å². The molecule has 1 heterocycles. The second kappa shape index (κ2) is 7.71. The van der Waals surface area contributed by atoms with Crippen LogP contribution in [0, 0.1) is 5.92 Å². The van der Waals surface area contributed by atoms with Crippen LogP contribution in [-0.2, 0) is 0 Å². The summed E-state index contributed by atoms with van der Waals surface area (Å²) in [7, 11) is 2.28. The third-order valence-corrected chi connectivity index (χ3v) is 3.87. The van der Waals surface area contributed by atoms with Crippen LogP contribution in [0.2, 0.25) is 0 Å². The number of rotatable bonds is 6. The molecule has 1 aliphatic heterocycles. The van der Waals surface area contributed by atoms with E-state index in [1.54, 1.807) is 5.57 Å². The number of unbranched alkanes of at least 4 members (excludes halogenated alkanes) is 1. The highest BCUT2D eigenvalue weighted by molar-refractivity contribution is 5.21. The molecule has 0 radical (unpaired) electrons. The molecule has 2 atom stereocenters. The van der Waals surface area contributed by atoms with Crippen LogP contribution in [-0.4, -0.2) is 24.5 Å². The molecule has 1 nitrogen and oxygen atoms in total. The summed E-state index contributed by atoms with van der Waals surface area (Å²) in [5.41, 5.74) is 1.67. The maximum Gasteiger partial charge on any atom is 0.0310 e. The molecule has 0 aliphatic carbocycles. The molecule has 0 bridgehead atoms. The van der Waals surface area contributed by atoms with Gasteiger partial charge in [0.05, 0.1) is 0 Å². The van der Waals surface area contributed by atoms with Gasteiger partial charge in [0.25, 0.3) is 0 Å². The van der Waals surface area contributed by atoms with Crippen LogP contribution in [0.25, 0.3) is 0 Å². The predicted octanol–water partition coefficient (Wildman–Crippen LogP) is 4.41. The van der Waals surface area contributed by atoms with Crippen LogP contribution in [0.5, 0.6) is 0 Å². The van der Waals surface area contributed by atoms with E-state index in [1.165, 1.54) is 38.6 Å². The molecule has 1 rings (SSSR count). The molecule has 0 aromatic rings. The number of allylic oxidation sites excluding steroid dienone is 3. The number of nitrogens with zero attached hydrogens (tertiary/aromatic N) is 1. The molecule has 0 amide bonds. The van der Waals surface area contributed by atoms with Crippen LogP contribution in [0.4, 0.5) is 0 Å². The van der Waals surface area contributed by atoms with Gasteiger partial charge in [0, 0.05) is 6.04 Å². The van der Waals surface area contributed by atoms with Crippen LogP contribution < -0.4 is 0 Å². The lowest BCUT2D eigenvalue weighted by Gasteiger charge is -2.27. The SMILES string of the molecule is C/C=C/C(CC)/C(=C\CCC)C1CCCN1C. The second-order valence-electron chi connectivity index (χ2n) is 5.17. The zero-order valence-corrected chi connectivity index (χ0v) is 12.1. The normalized spacial score (nSPS) is 24.7. The van der Waals surface area contributed by atoms with Crippen molar-refractivity contribution in [2.75, 3.05) is 13.6 Å². The Kier molecular flexibility index (Phi) is 6.57. The molecule has 1 saturated heterocycles. The Bertz CT molecular complexity index is 265. The van der Waals surface area contributed by atoms with Gasteiger partial charge >= 0.3 is 0 Å². The molecule has 0 aromatic heterocycles. The number of hydrogen-bond donors (Lipinski definition) is 0. The average Bonchev–Trinajstić information content (AvgIpc) is 2.75. The van der Waals surface area contributed by atoms with Gasteiger partial charge in [-0.25, -0.2) is 0 Å². The van der Waals surface area contributed by atoms with E-state index in [0.29, 0.717) is 12.0 Å². The first kappa shape index (κ1) is 14.5. The fraction of sp³-hybridized carbons (Fsp3) is 0.750. The summed E-state index contributed by atoms with van der Waals surface area (Å²) in [5, 5.41) is 0. The summed E-state index contributed by atoms with van der Waals surface area (Å²) >= 11 is 0. The first-order valence-corrected chi connectivity index (χ1v) is 7.27. The van der Waals surface area contributed by atoms with Crippen molar-refractivity contribution in [1.82, 2.24) is 4.90 Å². The van der Waals surface area contributed by atoms with Gasteiger partial charge in [-0.15, -0.1) is 0 Å². The molecule has 1 heteroatoms. The minimum absolute atomic E-state index is 0.650. The predicted molar refractivity (Wildman–Crippen MR) is 77.2 cm³/mol. The van der Waals surface area contributed by atoms with Crippen molar-refractivity contribution in [2.45, 2.75) is 58.9 Å². The fourth-order valence-electron chi connectivity index (χ4n) is 2.89. The molecular formula is C16H29N. The third-order valence-electron chi connectivity index (χ3n) is 3.87. The smallest absolute Gasteiger partial charge is 0.0310 e. The lowest BCUT2D eigenvalue weighted by Crippen LogP contribution is -2.29. The highest BCUT2D eigenvalue weighted by Gasteiger charge is 2.27. The Morgan fingerprint density at radius 3 is 2.65 bits per heavy atom. The largest absolute Gasteiger partial charge is 0.300 e. The minimum atomic E-state index is 0.650. The molecule has 1 aliphatic rings. The van der Waals surface area contributed by atoms with Gasteiger partial charge in [0.1, 0.15) is 0 Å². The number of likely N-dealkylation sites (tertiary alicyclic amines) is 1. The average molecular weight is 235 g/mol. The molecule has 0 aromatic carbocycles.